The molecule has 1 unspecified atom stereocenters. The van der Waals surface area contributed by atoms with Crippen LogP contribution in [0.3, 0.4) is 0 Å². The lowest BCUT2D eigenvalue weighted by atomic mass is 10.1. The molecule has 1 aromatic carbocycles. The Balaban J connectivity index is 1.23. The highest BCUT2D eigenvalue weighted by Gasteiger charge is 2.22. The average molecular weight is 443 g/mol. The Morgan fingerprint density at radius 2 is 2.16 bits per heavy atom. The van der Waals surface area contributed by atoms with E-state index in [-0.39, 0.29) is 11.9 Å². The monoisotopic (exact) mass is 442 g/mol. The molecule has 0 saturated heterocycles. The van der Waals surface area contributed by atoms with E-state index in [9.17, 15) is 4.39 Å². The lowest BCUT2D eigenvalue weighted by Crippen LogP contribution is -2.39. The van der Waals surface area contributed by atoms with Crippen LogP contribution in [0.5, 0.6) is 5.75 Å². The van der Waals surface area contributed by atoms with Crippen LogP contribution >= 0.6 is 0 Å². The van der Waals surface area contributed by atoms with Crippen molar-refractivity contribution in [2.75, 3.05) is 20.2 Å². The van der Waals surface area contributed by atoms with Crippen molar-refractivity contribution in [3.63, 3.8) is 0 Å². The van der Waals surface area contributed by atoms with Gasteiger partial charge in [0.05, 0.1) is 12.6 Å². The zero-order valence-corrected chi connectivity index (χ0v) is 19.2. The second-order valence-corrected chi connectivity index (χ2v) is 8.91. The van der Waals surface area contributed by atoms with Crippen LogP contribution in [-0.4, -0.2) is 40.9 Å². The Morgan fingerprint density at radius 3 is 2.94 bits per heavy atom. The highest BCUT2D eigenvalue weighted by atomic mass is 19.1. The fourth-order valence-corrected chi connectivity index (χ4v) is 4.06. The van der Waals surface area contributed by atoms with Crippen molar-refractivity contribution >= 4 is 5.96 Å². The molecule has 2 N–H and O–H groups in total. The molecule has 0 amide bonds. The quantitative estimate of drug-likeness (QED) is 0.351. The molecule has 0 bridgehead atoms. The van der Waals surface area contributed by atoms with Gasteiger partial charge in [-0.05, 0) is 62.6 Å². The molecule has 32 heavy (non-hydrogen) atoms. The van der Waals surface area contributed by atoms with Crippen molar-refractivity contribution < 1.29 is 9.13 Å². The van der Waals surface area contributed by atoms with Gasteiger partial charge < -0.3 is 19.9 Å². The molecule has 1 aromatic heterocycles. The molecule has 0 radical (unpaired) electrons. The summed E-state index contributed by atoms with van der Waals surface area (Å²) in [5.74, 6) is 3.54. The number of nitrogens with one attached hydrogen (secondary N) is 2. The molecule has 174 valence electrons. The maximum atomic E-state index is 14.4. The van der Waals surface area contributed by atoms with E-state index in [1.165, 1.54) is 32.1 Å². The minimum atomic E-state index is -0.313. The fourth-order valence-electron chi connectivity index (χ4n) is 4.06. The number of aryl methyl sites for hydroxylation is 2. The molecule has 2 aromatic rings. The predicted octanol–water partition coefficient (Wildman–Crippen LogP) is 3.79. The van der Waals surface area contributed by atoms with Gasteiger partial charge in [-0.25, -0.2) is 4.39 Å². The van der Waals surface area contributed by atoms with Gasteiger partial charge in [0.25, 0.3) is 0 Å². The molecule has 1 saturated carbocycles. The third kappa shape index (κ3) is 5.99. The van der Waals surface area contributed by atoms with Gasteiger partial charge in [0.15, 0.2) is 17.5 Å². The van der Waals surface area contributed by atoms with Crippen molar-refractivity contribution in [2.45, 2.75) is 70.9 Å². The van der Waals surface area contributed by atoms with Gasteiger partial charge in [-0.3, -0.25) is 4.99 Å². The molecular weight excluding hydrogens is 407 g/mol. The summed E-state index contributed by atoms with van der Waals surface area (Å²) >= 11 is 0. The average Bonchev–Trinajstić information content (AvgIpc) is 3.59. The number of guanidine groups is 1. The SMILES string of the molecule is CN=C(NCCCc1nnc2n1CCCCC2)NC(C)c1ccc(OCC2CC2)c(F)c1. The largest absolute Gasteiger partial charge is 0.490 e. The number of hydrogen-bond donors (Lipinski definition) is 2. The molecule has 2 heterocycles. The number of halogens is 1. The second kappa shape index (κ2) is 10.8. The van der Waals surface area contributed by atoms with Crippen molar-refractivity contribution in [3.8, 4) is 5.75 Å². The van der Waals surface area contributed by atoms with Crippen molar-refractivity contribution in [1.82, 2.24) is 25.4 Å². The molecule has 1 aliphatic heterocycles. The lowest BCUT2D eigenvalue weighted by Gasteiger charge is -2.19. The van der Waals surface area contributed by atoms with E-state index in [4.69, 9.17) is 4.74 Å². The second-order valence-electron chi connectivity index (χ2n) is 8.91. The Bertz CT molecular complexity index is 923. The van der Waals surface area contributed by atoms with Crippen LogP contribution in [0, 0.1) is 11.7 Å². The molecule has 2 aliphatic rings. The van der Waals surface area contributed by atoms with Crippen LogP contribution in [-0.2, 0) is 19.4 Å². The highest BCUT2D eigenvalue weighted by molar-refractivity contribution is 5.80. The third-order valence-electron chi connectivity index (χ3n) is 6.26. The van der Waals surface area contributed by atoms with Crippen molar-refractivity contribution in [1.29, 1.82) is 0 Å². The third-order valence-corrected chi connectivity index (χ3v) is 6.26. The van der Waals surface area contributed by atoms with Gasteiger partial charge in [0, 0.05) is 33.0 Å². The summed E-state index contributed by atoms with van der Waals surface area (Å²) in [7, 11) is 1.75. The van der Waals surface area contributed by atoms with Crippen LogP contribution in [0.1, 0.15) is 68.7 Å². The molecular formula is C24H35FN6O. The van der Waals surface area contributed by atoms with E-state index in [1.807, 2.05) is 13.0 Å². The Labute approximate surface area is 189 Å². The minimum Gasteiger partial charge on any atom is -0.490 e. The van der Waals surface area contributed by atoms with Gasteiger partial charge in [0.1, 0.15) is 11.6 Å². The first-order valence-corrected chi connectivity index (χ1v) is 11.9. The number of nitrogens with zero attached hydrogens (tertiary/aromatic N) is 4. The Hall–Kier alpha value is -2.64. The van der Waals surface area contributed by atoms with Gasteiger partial charge in [-0.1, -0.05) is 12.5 Å². The van der Waals surface area contributed by atoms with Gasteiger partial charge in [0.2, 0.25) is 0 Å². The first-order chi connectivity index (χ1) is 15.6. The summed E-state index contributed by atoms with van der Waals surface area (Å²) in [6, 6.07) is 5.10. The fraction of sp³-hybridized carbons (Fsp3) is 0.625. The molecule has 0 spiro atoms. The van der Waals surface area contributed by atoms with E-state index in [0.29, 0.717) is 24.2 Å². The number of benzene rings is 1. The highest BCUT2D eigenvalue weighted by Crippen LogP contribution is 2.30. The molecule has 8 heteroatoms. The van der Waals surface area contributed by atoms with E-state index in [1.54, 1.807) is 19.2 Å². The molecule has 1 aliphatic carbocycles. The van der Waals surface area contributed by atoms with E-state index in [2.05, 4.69) is 30.4 Å². The van der Waals surface area contributed by atoms with Crippen LogP contribution < -0.4 is 15.4 Å². The number of ether oxygens (including phenoxy) is 1. The van der Waals surface area contributed by atoms with E-state index < -0.39 is 0 Å². The molecule has 1 atom stereocenters. The summed E-state index contributed by atoms with van der Waals surface area (Å²) in [6.45, 7) is 4.42. The van der Waals surface area contributed by atoms with Gasteiger partial charge in [-0.2, -0.15) is 0 Å². The summed E-state index contributed by atoms with van der Waals surface area (Å²) < 4.78 is 22.3. The zero-order valence-electron chi connectivity index (χ0n) is 19.2. The van der Waals surface area contributed by atoms with Crippen LogP contribution in [0.2, 0.25) is 0 Å². The number of hydrogen-bond acceptors (Lipinski definition) is 4. The first kappa shape index (κ1) is 22.6. The lowest BCUT2D eigenvalue weighted by molar-refractivity contribution is 0.285. The Kier molecular flexibility index (Phi) is 7.60. The maximum Gasteiger partial charge on any atom is 0.191 e. The summed E-state index contributed by atoms with van der Waals surface area (Å²) in [5.41, 5.74) is 0.857. The van der Waals surface area contributed by atoms with Crippen molar-refractivity contribution in [3.05, 3.63) is 41.2 Å². The smallest absolute Gasteiger partial charge is 0.191 e. The summed E-state index contributed by atoms with van der Waals surface area (Å²) in [5, 5.41) is 15.5. The summed E-state index contributed by atoms with van der Waals surface area (Å²) in [6.07, 6.45) is 8.92. The molecule has 4 rings (SSSR count). The van der Waals surface area contributed by atoms with E-state index >= 15 is 0 Å². The molecule has 7 nitrogen and oxygen atoms in total. The standard InChI is InChI=1S/C24H35FN6O/c1-17(19-11-12-21(20(25)15-19)32-16-18-9-10-18)28-24(26-2)27-13-6-8-23-30-29-22-7-4-3-5-14-31(22)23/h11-12,15,17-18H,3-10,13-14,16H2,1-2H3,(H2,26,27,28). The normalized spacial score (nSPS) is 17.4. The topological polar surface area (TPSA) is 76.4 Å². The predicted molar refractivity (Wildman–Crippen MR) is 123 cm³/mol. The zero-order chi connectivity index (χ0) is 22.3. The first-order valence-electron chi connectivity index (χ1n) is 11.9. The molecule has 1 fully saturated rings. The summed E-state index contributed by atoms with van der Waals surface area (Å²) in [4.78, 5) is 4.31. The minimum absolute atomic E-state index is 0.0829. The number of aromatic nitrogens is 3. The maximum absolute atomic E-state index is 14.4. The number of rotatable bonds is 9. The van der Waals surface area contributed by atoms with Crippen LogP contribution in [0.4, 0.5) is 4.39 Å². The number of fused-ring (bicyclic) bond motifs is 1. The number of aliphatic imine (C=N–C) groups is 1. The van der Waals surface area contributed by atoms with Crippen molar-refractivity contribution in [2.24, 2.45) is 10.9 Å². The van der Waals surface area contributed by atoms with Crippen LogP contribution in [0.25, 0.3) is 0 Å². The Morgan fingerprint density at radius 1 is 1.28 bits per heavy atom. The van der Waals surface area contributed by atoms with Gasteiger partial charge >= 0.3 is 0 Å². The van der Waals surface area contributed by atoms with Gasteiger partial charge in [-0.15, -0.1) is 10.2 Å². The van der Waals surface area contributed by atoms with E-state index in [0.717, 1.165) is 49.6 Å². The van der Waals surface area contributed by atoms with Crippen LogP contribution in [0.15, 0.2) is 23.2 Å².